The van der Waals surface area contributed by atoms with Gasteiger partial charge in [-0.1, -0.05) is 19.3 Å². The molecule has 0 spiro atoms. The Hall–Kier alpha value is -1.62. The third kappa shape index (κ3) is 1.97. The summed E-state index contributed by atoms with van der Waals surface area (Å²) in [6, 6.07) is 0.195. The number of rotatable bonds is 2. The third-order valence-corrected chi connectivity index (χ3v) is 4.77. The first-order valence-corrected chi connectivity index (χ1v) is 7.72. The Balaban J connectivity index is 1.68. The van der Waals surface area contributed by atoms with E-state index in [9.17, 15) is 0 Å². The van der Waals surface area contributed by atoms with Crippen LogP contribution >= 0.6 is 0 Å². The van der Waals surface area contributed by atoms with E-state index in [0.717, 1.165) is 18.7 Å². The highest BCUT2D eigenvalue weighted by Gasteiger charge is 2.29. The van der Waals surface area contributed by atoms with Crippen molar-refractivity contribution in [2.45, 2.75) is 50.5 Å². The first-order chi connectivity index (χ1) is 9.93. The van der Waals surface area contributed by atoms with Gasteiger partial charge in [-0.05, 0) is 12.8 Å². The zero-order valence-corrected chi connectivity index (χ0v) is 11.7. The predicted molar refractivity (Wildman–Crippen MR) is 76.6 cm³/mol. The molecule has 3 N–H and O–H groups in total. The fourth-order valence-electron chi connectivity index (χ4n) is 3.73. The summed E-state index contributed by atoms with van der Waals surface area (Å²) in [7, 11) is 0. The summed E-state index contributed by atoms with van der Waals surface area (Å²) in [4.78, 5) is 7.79. The van der Waals surface area contributed by atoms with Crippen LogP contribution in [0.3, 0.4) is 0 Å². The first kappa shape index (κ1) is 12.1. The van der Waals surface area contributed by atoms with E-state index >= 15 is 0 Å². The summed E-state index contributed by atoms with van der Waals surface area (Å²) in [5.74, 6) is 0.646. The largest absolute Gasteiger partial charge is 0.348 e. The van der Waals surface area contributed by atoms with Gasteiger partial charge >= 0.3 is 0 Å². The fourth-order valence-corrected chi connectivity index (χ4v) is 3.73. The van der Waals surface area contributed by atoms with Gasteiger partial charge < -0.3 is 10.3 Å². The molecule has 1 aliphatic heterocycles. The van der Waals surface area contributed by atoms with Crippen LogP contribution in [0.2, 0.25) is 0 Å². The highest BCUT2D eigenvalue weighted by atomic mass is 15.1. The molecular formula is C15H21N5. The lowest BCUT2D eigenvalue weighted by Crippen LogP contribution is -2.31. The minimum absolute atomic E-state index is 0.195. The van der Waals surface area contributed by atoms with Gasteiger partial charge in [0.05, 0.1) is 24.3 Å². The number of aromatic amines is 2. The minimum atomic E-state index is 0.195. The number of hydrogen-bond donors (Lipinski definition) is 3. The molecule has 1 fully saturated rings. The number of imidazole rings is 1. The topological polar surface area (TPSA) is 69.4 Å². The molecule has 5 nitrogen and oxygen atoms in total. The van der Waals surface area contributed by atoms with E-state index in [1.165, 1.54) is 49.1 Å². The molecule has 0 amide bonds. The molecule has 0 radical (unpaired) electrons. The second-order valence-electron chi connectivity index (χ2n) is 5.98. The monoisotopic (exact) mass is 271 g/mol. The highest BCUT2D eigenvalue weighted by molar-refractivity contribution is 5.35. The molecule has 0 saturated heterocycles. The SMILES string of the molecule is c1nc2c([nH]1)CCN[C@@H]2c1cn[nH]c1C1CCCCC1. The molecule has 1 atom stereocenters. The number of nitrogens with zero attached hydrogens (tertiary/aromatic N) is 2. The van der Waals surface area contributed by atoms with Gasteiger partial charge in [0.25, 0.3) is 0 Å². The fraction of sp³-hybridized carbons (Fsp3) is 0.600. The molecule has 5 heteroatoms. The van der Waals surface area contributed by atoms with Crippen LogP contribution in [-0.2, 0) is 6.42 Å². The van der Waals surface area contributed by atoms with Crippen molar-refractivity contribution in [3.63, 3.8) is 0 Å². The summed E-state index contributed by atoms with van der Waals surface area (Å²) in [5.41, 5.74) is 5.04. The quantitative estimate of drug-likeness (QED) is 0.785. The second-order valence-corrected chi connectivity index (χ2v) is 5.98. The Bertz CT molecular complexity index is 579. The lowest BCUT2D eigenvalue weighted by atomic mass is 9.84. The van der Waals surface area contributed by atoms with Gasteiger partial charge in [-0.25, -0.2) is 4.98 Å². The van der Waals surface area contributed by atoms with Crippen LogP contribution in [0.15, 0.2) is 12.5 Å². The van der Waals surface area contributed by atoms with E-state index in [4.69, 9.17) is 0 Å². The lowest BCUT2D eigenvalue weighted by molar-refractivity contribution is 0.430. The minimum Gasteiger partial charge on any atom is -0.348 e. The Morgan fingerprint density at radius 1 is 1.15 bits per heavy atom. The van der Waals surface area contributed by atoms with Crippen LogP contribution in [0, 0.1) is 0 Å². The van der Waals surface area contributed by atoms with Gasteiger partial charge in [0.2, 0.25) is 0 Å². The van der Waals surface area contributed by atoms with Crippen molar-refractivity contribution in [2.24, 2.45) is 0 Å². The lowest BCUT2D eigenvalue weighted by Gasteiger charge is -2.26. The standard InChI is InChI=1S/C15H21N5/c1-2-4-10(5-3-1)13-11(8-19-20-13)14-15-12(6-7-16-14)17-9-18-15/h8-10,14,16H,1-7H2,(H,17,18)(H,19,20)/t14-/m1/s1. The van der Waals surface area contributed by atoms with Crippen molar-refractivity contribution in [3.05, 3.63) is 35.2 Å². The molecule has 2 aliphatic rings. The Morgan fingerprint density at radius 3 is 2.95 bits per heavy atom. The molecule has 20 heavy (non-hydrogen) atoms. The Morgan fingerprint density at radius 2 is 2.05 bits per heavy atom. The summed E-state index contributed by atoms with van der Waals surface area (Å²) >= 11 is 0. The van der Waals surface area contributed by atoms with Gasteiger partial charge in [-0.3, -0.25) is 5.10 Å². The average molecular weight is 271 g/mol. The second kappa shape index (κ2) is 5.05. The highest BCUT2D eigenvalue weighted by Crippen LogP contribution is 2.37. The van der Waals surface area contributed by atoms with Crippen LogP contribution in [-0.4, -0.2) is 26.7 Å². The van der Waals surface area contributed by atoms with Gasteiger partial charge in [0.15, 0.2) is 0 Å². The number of fused-ring (bicyclic) bond motifs is 1. The van der Waals surface area contributed by atoms with Crippen LogP contribution in [0.25, 0.3) is 0 Å². The normalized spacial score (nSPS) is 23.7. The van der Waals surface area contributed by atoms with E-state index in [-0.39, 0.29) is 6.04 Å². The van der Waals surface area contributed by atoms with E-state index in [1.54, 1.807) is 0 Å². The van der Waals surface area contributed by atoms with Gasteiger partial charge in [-0.2, -0.15) is 5.10 Å². The molecule has 3 heterocycles. The van der Waals surface area contributed by atoms with Crippen molar-refractivity contribution in [3.8, 4) is 0 Å². The maximum absolute atomic E-state index is 4.52. The van der Waals surface area contributed by atoms with Gasteiger partial charge in [-0.15, -0.1) is 0 Å². The maximum atomic E-state index is 4.52. The number of H-pyrrole nitrogens is 2. The molecule has 1 saturated carbocycles. The third-order valence-electron chi connectivity index (χ3n) is 4.77. The van der Waals surface area contributed by atoms with Crippen molar-refractivity contribution in [1.82, 2.24) is 25.5 Å². The van der Waals surface area contributed by atoms with E-state index in [0.29, 0.717) is 5.92 Å². The molecule has 4 rings (SSSR count). The maximum Gasteiger partial charge on any atom is 0.0926 e. The predicted octanol–water partition coefficient (Wildman–Crippen LogP) is 2.42. The van der Waals surface area contributed by atoms with E-state index < -0.39 is 0 Å². The molecule has 2 aromatic heterocycles. The molecule has 106 valence electrons. The van der Waals surface area contributed by atoms with Crippen LogP contribution in [0.4, 0.5) is 0 Å². The van der Waals surface area contributed by atoms with Gasteiger partial charge in [0, 0.05) is 35.8 Å². The molecular weight excluding hydrogens is 250 g/mol. The molecule has 0 aromatic carbocycles. The summed E-state index contributed by atoms with van der Waals surface area (Å²) in [5, 5.41) is 11.2. The van der Waals surface area contributed by atoms with Crippen molar-refractivity contribution in [2.75, 3.05) is 6.54 Å². The van der Waals surface area contributed by atoms with Crippen molar-refractivity contribution < 1.29 is 0 Å². The smallest absolute Gasteiger partial charge is 0.0926 e. The Kier molecular flexibility index (Phi) is 3.07. The van der Waals surface area contributed by atoms with Crippen molar-refractivity contribution in [1.29, 1.82) is 0 Å². The zero-order chi connectivity index (χ0) is 13.4. The van der Waals surface area contributed by atoms with Crippen LogP contribution < -0.4 is 5.32 Å². The summed E-state index contributed by atoms with van der Waals surface area (Å²) in [6.45, 7) is 0.995. The molecule has 2 aromatic rings. The zero-order valence-electron chi connectivity index (χ0n) is 11.7. The molecule has 0 unspecified atom stereocenters. The number of nitrogens with one attached hydrogen (secondary N) is 3. The average Bonchev–Trinajstić information content (AvgIpc) is 3.16. The number of hydrogen-bond acceptors (Lipinski definition) is 3. The summed E-state index contributed by atoms with van der Waals surface area (Å²) < 4.78 is 0. The summed E-state index contributed by atoms with van der Waals surface area (Å²) in [6.07, 6.45) is 11.5. The van der Waals surface area contributed by atoms with E-state index in [2.05, 4.69) is 25.5 Å². The van der Waals surface area contributed by atoms with Crippen molar-refractivity contribution >= 4 is 0 Å². The first-order valence-electron chi connectivity index (χ1n) is 7.72. The Labute approximate surface area is 118 Å². The molecule has 1 aliphatic carbocycles. The van der Waals surface area contributed by atoms with Gasteiger partial charge in [0.1, 0.15) is 0 Å². The van der Waals surface area contributed by atoms with Crippen LogP contribution in [0.1, 0.15) is 66.7 Å². The van der Waals surface area contributed by atoms with E-state index in [1.807, 2.05) is 12.5 Å². The van der Waals surface area contributed by atoms with Crippen LogP contribution in [0.5, 0.6) is 0 Å². The number of aromatic nitrogens is 4. The molecule has 0 bridgehead atoms.